The summed E-state index contributed by atoms with van der Waals surface area (Å²) in [5, 5.41) is 11.3. The predicted octanol–water partition coefficient (Wildman–Crippen LogP) is 4.51. The van der Waals surface area contributed by atoms with E-state index in [9.17, 15) is 5.11 Å². The minimum absolute atomic E-state index is 0.301. The fourth-order valence-electron chi connectivity index (χ4n) is 3.31. The summed E-state index contributed by atoms with van der Waals surface area (Å²) in [6.45, 7) is 1.29. The van der Waals surface area contributed by atoms with E-state index in [4.69, 9.17) is 21.1 Å². The highest BCUT2D eigenvalue weighted by Gasteiger charge is 2.26. The molecule has 0 radical (unpaired) electrons. The van der Waals surface area contributed by atoms with E-state index in [-0.39, 0.29) is 0 Å². The molecule has 0 spiro atoms. The Morgan fingerprint density at radius 1 is 0.952 bits per heavy atom. The number of aliphatic hydroxyl groups excluding tert-OH is 1. The number of rotatable bonds is 2. The van der Waals surface area contributed by atoms with Gasteiger partial charge in [-0.25, -0.2) is 0 Å². The lowest BCUT2D eigenvalue weighted by atomic mass is 9.89. The molecule has 0 amide bonds. The van der Waals surface area contributed by atoms with Crippen LogP contribution in [0.4, 0.5) is 0 Å². The van der Waals surface area contributed by atoms with Crippen LogP contribution in [0.3, 0.4) is 0 Å². The molecule has 1 aliphatic heterocycles. The van der Waals surface area contributed by atoms with Gasteiger partial charge in [0.05, 0.1) is 24.3 Å². The Hall–Kier alpha value is -0.930. The molecule has 21 heavy (non-hydrogen) atoms. The van der Waals surface area contributed by atoms with Gasteiger partial charge < -0.3 is 14.6 Å². The first-order valence-electron chi connectivity index (χ1n) is 8.03. The molecule has 3 nitrogen and oxygen atoms in total. The Labute approximate surface area is 131 Å². The summed E-state index contributed by atoms with van der Waals surface area (Å²) in [4.78, 5) is 0. The zero-order chi connectivity index (χ0) is 14.7. The summed E-state index contributed by atoms with van der Waals surface area (Å²) < 4.78 is 11.3. The average Bonchev–Trinajstić information content (AvgIpc) is 2.88. The van der Waals surface area contributed by atoms with Crippen molar-refractivity contribution in [2.24, 2.45) is 5.92 Å². The van der Waals surface area contributed by atoms with Gasteiger partial charge in [-0.1, -0.05) is 37.3 Å². The molecular formula is C17H23ClO3. The lowest BCUT2D eigenvalue weighted by molar-refractivity contribution is 0.0985. The van der Waals surface area contributed by atoms with E-state index < -0.39 is 6.10 Å². The van der Waals surface area contributed by atoms with E-state index in [1.165, 1.54) is 25.7 Å². The Morgan fingerprint density at radius 2 is 1.57 bits per heavy atom. The molecule has 0 saturated heterocycles. The van der Waals surface area contributed by atoms with Gasteiger partial charge in [0.15, 0.2) is 11.5 Å². The maximum Gasteiger partial charge on any atom is 0.162 e. The first-order chi connectivity index (χ1) is 10.3. The Bertz CT molecular complexity index is 481. The minimum atomic E-state index is -0.507. The van der Waals surface area contributed by atoms with Crippen molar-refractivity contribution >= 4 is 11.6 Å². The van der Waals surface area contributed by atoms with Gasteiger partial charge in [-0.05, 0) is 24.8 Å². The highest BCUT2D eigenvalue weighted by atomic mass is 35.5. The van der Waals surface area contributed by atoms with Crippen molar-refractivity contribution in [3.05, 3.63) is 22.7 Å². The smallest absolute Gasteiger partial charge is 0.162 e. The SMILES string of the molecule is OC(c1cc2c(cc1Cl)OCCCO2)C1CCCCCC1. The third-order valence-electron chi connectivity index (χ3n) is 4.53. The van der Waals surface area contributed by atoms with Crippen molar-refractivity contribution < 1.29 is 14.6 Å². The van der Waals surface area contributed by atoms with Crippen LogP contribution in [0.5, 0.6) is 11.5 Å². The van der Waals surface area contributed by atoms with Gasteiger partial charge in [0.2, 0.25) is 0 Å². The number of benzene rings is 1. The number of hydrogen-bond acceptors (Lipinski definition) is 3. The van der Waals surface area contributed by atoms with Crippen molar-refractivity contribution in [3.8, 4) is 11.5 Å². The highest BCUT2D eigenvalue weighted by Crippen LogP contribution is 2.41. The van der Waals surface area contributed by atoms with Crippen molar-refractivity contribution in [2.45, 2.75) is 51.0 Å². The standard InChI is InChI=1S/C17H23ClO3/c18-14-11-16-15(20-8-5-9-21-16)10-13(14)17(19)12-6-3-1-2-4-7-12/h10-12,17,19H,1-9H2. The van der Waals surface area contributed by atoms with E-state index in [0.29, 0.717) is 35.7 Å². The van der Waals surface area contributed by atoms with E-state index >= 15 is 0 Å². The van der Waals surface area contributed by atoms with E-state index in [0.717, 1.165) is 24.8 Å². The average molecular weight is 311 g/mol. The summed E-state index contributed by atoms with van der Waals surface area (Å²) in [7, 11) is 0. The molecule has 1 aliphatic carbocycles. The van der Waals surface area contributed by atoms with Crippen LogP contribution >= 0.6 is 11.6 Å². The van der Waals surface area contributed by atoms with Gasteiger partial charge in [0, 0.05) is 18.1 Å². The third kappa shape index (κ3) is 3.46. The monoisotopic (exact) mass is 310 g/mol. The maximum absolute atomic E-state index is 10.7. The van der Waals surface area contributed by atoms with Crippen LogP contribution in [0.15, 0.2) is 12.1 Å². The molecule has 1 heterocycles. The lowest BCUT2D eigenvalue weighted by Crippen LogP contribution is -2.12. The number of halogens is 1. The summed E-state index contributed by atoms with van der Waals surface area (Å²) in [6.07, 6.45) is 7.46. The topological polar surface area (TPSA) is 38.7 Å². The predicted molar refractivity (Wildman–Crippen MR) is 83.2 cm³/mol. The van der Waals surface area contributed by atoms with Crippen molar-refractivity contribution in [1.29, 1.82) is 0 Å². The molecule has 116 valence electrons. The number of aliphatic hydroxyl groups is 1. The molecular weight excluding hydrogens is 288 g/mol. The van der Waals surface area contributed by atoms with E-state index in [1.807, 2.05) is 6.07 Å². The number of ether oxygens (including phenoxy) is 2. The Kier molecular flexibility index (Phi) is 4.91. The van der Waals surface area contributed by atoms with Gasteiger partial charge in [0.25, 0.3) is 0 Å². The van der Waals surface area contributed by atoms with Crippen LogP contribution < -0.4 is 9.47 Å². The zero-order valence-corrected chi connectivity index (χ0v) is 13.1. The Morgan fingerprint density at radius 3 is 2.24 bits per heavy atom. The van der Waals surface area contributed by atoms with Crippen LogP contribution in [0.1, 0.15) is 56.6 Å². The molecule has 1 unspecified atom stereocenters. The first kappa shape index (κ1) is 15.0. The molecule has 1 atom stereocenters. The second-order valence-corrected chi connectivity index (χ2v) is 6.47. The van der Waals surface area contributed by atoms with Crippen molar-refractivity contribution in [1.82, 2.24) is 0 Å². The largest absolute Gasteiger partial charge is 0.490 e. The minimum Gasteiger partial charge on any atom is -0.490 e. The fourth-order valence-corrected chi connectivity index (χ4v) is 3.57. The second kappa shape index (κ2) is 6.89. The van der Waals surface area contributed by atoms with Crippen LogP contribution in [0, 0.1) is 5.92 Å². The molecule has 1 N–H and O–H groups in total. The van der Waals surface area contributed by atoms with Gasteiger partial charge in [-0.15, -0.1) is 0 Å². The summed E-state index contributed by atoms with van der Waals surface area (Å²) in [6, 6.07) is 3.66. The van der Waals surface area contributed by atoms with E-state index in [2.05, 4.69) is 0 Å². The highest BCUT2D eigenvalue weighted by molar-refractivity contribution is 6.31. The normalized spacial score (nSPS) is 21.4. The van der Waals surface area contributed by atoms with Crippen LogP contribution in [-0.2, 0) is 0 Å². The van der Waals surface area contributed by atoms with Crippen LogP contribution in [0.2, 0.25) is 5.02 Å². The maximum atomic E-state index is 10.7. The molecule has 1 aromatic rings. The van der Waals surface area contributed by atoms with Crippen LogP contribution in [0.25, 0.3) is 0 Å². The quantitative estimate of drug-likeness (QED) is 0.817. The summed E-state index contributed by atoms with van der Waals surface area (Å²) >= 11 is 6.37. The molecule has 3 rings (SSSR count). The second-order valence-electron chi connectivity index (χ2n) is 6.07. The molecule has 0 aromatic heterocycles. The van der Waals surface area contributed by atoms with Gasteiger partial charge >= 0.3 is 0 Å². The molecule has 4 heteroatoms. The van der Waals surface area contributed by atoms with E-state index in [1.54, 1.807) is 6.07 Å². The first-order valence-corrected chi connectivity index (χ1v) is 8.40. The molecule has 1 fully saturated rings. The molecule has 2 aliphatic rings. The fraction of sp³-hybridized carbons (Fsp3) is 0.647. The van der Waals surface area contributed by atoms with Crippen LogP contribution in [-0.4, -0.2) is 18.3 Å². The van der Waals surface area contributed by atoms with Crippen molar-refractivity contribution in [2.75, 3.05) is 13.2 Å². The number of hydrogen-bond donors (Lipinski definition) is 1. The number of fused-ring (bicyclic) bond motifs is 1. The van der Waals surface area contributed by atoms with Crippen molar-refractivity contribution in [3.63, 3.8) is 0 Å². The van der Waals surface area contributed by atoms with Gasteiger partial charge in [-0.2, -0.15) is 0 Å². The Balaban J connectivity index is 1.84. The summed E-state index contributed by atoms with van der Waals surface area (Å²) in [5.41, 5.74) is 0.785. The molecule has 0 bridgehead atoms. The van der Waals surface area contributed by atoms with Gasteiger partial charge in [-0.3, -0.25) is 0 Å². The zero-order valence-electron chi connectivity index (χ0n) is 12.3. The third-order valence-corrected chi connectivity index (χ3v) is 4.86. The van der Waals surface area contributed by atoms with Gasteiger partial charge in [0.1, 0.15) is 0 Å². The molecule has 1 aromatic carbocycles. The summed E-state index contributed by atoms with van der Waals surface area (Å²) in [5.74, 6) is 1.70. The lowest BCUT2D eigenvalue weighted by Gasteiger charge is -2.23. The molecule has 1 saturated carbocycles.